The molecule has 2 rings (SSSR count). The molecule has 0 saturated heterocycles. The molecule has 0 aliphatic carbocycles. The number of benzene rings is 1. The van der Waals surface area contributed by atoms with E-state index in [0.717, 1.165) is 12.1 Å². The highest BCUT2D eigenvalue weighted by molar-refractivity contribution is 9.10. The van der Waals surface area contributed by atoms with E-state index in [-0.39, 0.29) is 17.8 Å². The summed E-state index contributed by atoms with van der Waals surface area (Å²) in [7, 11) is 0. The Morgan fingerprint density at radius 2 is 1.80 bits per heavy atom. The number of nitrogens with zero attached hydrogens (tertiary/aromatic N) is 1. The van der Waals surface area contributed by atoms with Crippen LogP contribution in [-0.2, 0) is 5.92 Å². The van der Waals surface area contributed by atoms with Crippen LogP contribution in [0, 0.1) is 5.82 Å². The Hall–Kier alpha value is -1.40. The molecule has 0 saturated carbocycles. The van der Waals surface area contributed by atoms with Crippen LogP contribution in [0.2, 0.25) is 0 Å². The van der Waals surface area contributed by atoms with E-state index in [1.807, 2.05) is 0 Å². The third-order valence-electron chi connectivity index (χ3n) is 3.01. The molecule has 1 aromatic heterocycles. The molecule has 2 nitrogen and oxygen atoms in total. The molecule has 20 heavy (non-hydrogen) atoms. The molecule has 6 heteroatoms. The van der Waals surface area contributed by atoms with Crippen LogP contribution >= 0.6 is 15.9 Å². The highest BCUT2D eigenvalue weighted by Gasteiger charge is 2.42. The summed E-state index contributed by atoms with van der Waals surface area (Å²) in [6.07, 6.45) is 1.31. The van der Waals surface area contributed by atoms with Gasteiger partial charge in [-0.1, -0.05) is 12.1 Å². The first kappa shape index (κ1) is 15.0. The zero-order valence-electron chi connectivity index (χ0n) is 10.4. The highest BCUT2D eigenvalue weighted by atomic mass is 79.9. The molecular formula is C14H12BrF3N2. The Morgan fingerprint density at radius 3 is 2.30 bits per heavy atom. The van der Waals surface area contributed by atoms with E-state index in [1.165, 1.54) is 30.5 Å². The van der Waals surface area contributed by atoms with Crippen molar-refractivity contribution in [2.75, 3.05) is 6.54 Å². The summed E-state index contributed by atoms with van der Waals surface area (Å²) in [5.41, 5.74) is 5.41. The van der Waals surface area contributed by atoms with E-state index < -0.39 is 17.7 Å². The van der Waals surface area contributed by atoms with Gasteiger partial charge in [0.2, 0.25) is 0 Å². The summed E-state index contributed by atoms with van der Waals surface area (Å²) >= 11 is 3.15. The van der Waals surface area contributed by atoms with Gasteiger partial charge >= 0.3 is 0 Å². The third kappa shape index (κ3) is 3.02. The molecule has 1 heterocycles. The van der Waals surface area contributed by atoms with Crippen molar-refractivity contribution >= 4 is 15.9 Å². The molecule has 1 unspecified atom stereocenters. The van der Waals surface area contributed by atoms with Crippen LogP contribution in [0.15, 0.2) is 47.1 Å². The van der Waals surface area contributed by atoms with Gasteiger partial charge in [0.25, 0.3) is 5.92 Å². The molecule has 1 aromatic carbocycles. The lowest BCUT2D eigenvalue weighted by Gasteiger charge is -2.25. The van der Waals surface area contributed by atoms with Crippen LogP contribution in [0.25, 0.3) is 0 Å². The molecule has 2 N–H and O–H groups in total. The topological polar surface area (TPSA) is 38.9 Å². The Bertz CT molecular complexity index is 570. The number of halogens is 4. The van der Waals surface area contributed by atoms with Crippen LogP contribution in [0.5, 0.6) is 0 Å². The van der Waals surface area contributed by atoms with Crippen molar-refractivity contribution in [3.8, 4) is 0 Å². The van der Waals surface area contributed by atoms with Gasteiger partial charge in [0.15, 0.2) is 0 Å². The van der Waals surface area contributed by atoms with Crippen LogP contribution in [0.3, 0.4) is 0 Å². The molecule has 0 radical (unpaired) electrons. The maximum atomic E-state index is 14.5. The molecule has 0 amide bonds. The second-order valence-corrected chi connectivity index (χ2v) is 5.24. The second-order valence-electron chi connectivity index (χ2n) is 4.32. The minimum atomic E-state index is -3.23. The first-order valence-electron chi connectivity index (χ1n) is 5.90. The number of hydrogen-bond donors (Lipinski definition) is 1. The molecule has 1 atom stereocenters. The first-order chi connectivity index (χ1) is 9.45. The van der Waals surface area contributed by atoms with E-state index in [0.29, 0.717) is 4.47 Å². The Labute approximate surface area is 123 Å². The fourth-order valence-corrected chi connectivity index (χ4v) is 2.17. The van der Waals surface area contributed by atoms with Gasteiger partial charge in [-0.05, 0) is 45.8 Å². The average Bonchev–Trinajstić information content (AvgIpc) is 2.42. The van der Waals surface area contributed by atoms with E-state index >= 15 is 0 Å². The van der Waals surface area contributed by atoms with Crippen molar-refractivity contribution in [3.05, 3.63) is 64.1 Å². The van der Waals surface area contributed by atoms with Crippen LogP contribution in [-0.4, -0.2) is 11.5 Å². The zero-order valence-corrected chi connectivity index (χ0v) is 11.9. The van der Waals surface area contributed by atoms with Gasteiger partial charge in [0.1, 0.15) is 11.5 Å². The summed E-state index contributed by atoms with van der Waals surface area (Å²) < 4.78 is 42.5. The molecular weight excluding hydrogens is 333 g/mol. The smallest absolute Gasteiger partial charge is 0.297 e. The predicted octanol–water partition coefficient (Wildman–Crippen LogP) is 3.82. The Balaban J connectivity index is 2.38. The molecule has 2 aromatic rings. The summed E-state index contributed by atoms with van der Waals surface area (Å²) in [4.78, 5) is 3.74. The molecule has 0 bridgehead atoms. The summed E-state index contributed by atoms with van der Waals surface area (Å²) in [5, 5.41) is 0. The van der Waals surface area contributed by atoms with Crippen molar-refractivity contribution in [2.45, 2.75) is 11.8 Å². The van der Waals surface area contributed by atoms with E-state index in [9.17, 15) is 13.2 Å². The largest absolute Gasteiger partial charge is 0.330 e. The molecule has 0 spiro atoms. The zero-order chi connectivity index (χ0) is 14.8. The number of pyridine rings is 1. The maximum Gasteiger partial charge on any atom is 0.297 e. The summed E-state index contributed by atoms with van der Waals surface area (Å²) in [6, 6.07) is 7.66. The van der Waals surface area contributed by atoms with Gasteiger partial charge in [-0.3, -0.25) is 4.98 Å². The van der Waals surface area contributed by atoms with Crippen molar-refractivity contribution in [3.63, 3.8) is 0 Å². The van der Waals surface area contributed by atoms with Crippen molar-refractivity contribution in [2.24, 2.45) is 5.73 Å². The monoisotopic (exact) mass is 344 g/mol. The lowest BCUT2D eigenvalue weighted by molar-refractivity contribution is -0.0356. The fourth-order valence-electron chi connectivity index (χ4n) is 1.94. The first-order valence-corrected chi connectivity index (χ1v) is 6.70. The van der Waals surface area contributed by atoms with E-state index in [2.05, 4.69) is 20.9 Å². The molecule has 106 valence electrons. The average molecular weight is 345 g/mol. The van der Waals surface area contributed by atoms with Gasteiger partial charge in [-0.15, -0.1) is 0 Å². The molecule has 0 fully saturated rings. The van der Waals surface area contributed by atoms with Gasteiger partial charge in [0, 0.05) is 17.2 Å². The second kappa shape index (κ2) is 5.93. The van der Waals surface area contributed by atoms with Crippen LogP contribution < -0.4 is 5.73 Å². The number of alkyl halides is 2. The van der Waals surface area contributed by atoms with E-state index in [4.69, 9.17) is 5.73 Å². The minimum Gasteiger partial charge on any atom is -0.330 e. The lowest BCUT2D eigenvalue weighted by atomic mass is 9.90. The maximum absolute atomic E-state index is 14.5. The van der Waals surface area contributed by atoms with Gasteiger partial charge in [-0.25, -0.2) is 4.39 Å². The van der Waals surface area contributed by atoms with Crippen molar-refractivity contribution < 1.29 is 13.2 Å². The highest BCUT2D eigenvalue weighted by Crippen LogP contribution is 2.40. The quantitative estimate of drug-likeness (QED) is 0.915. The molecule has 0 aliphatic rings. The number of nitrogens with two attached hydrogens (primary N) is 1. The normalized spacial score (nSPS) is 13.2. The van der Waals surface area contributed by atoms with Gasteiger partial charge < -0.3 is 5.73 Å². The number of hydrogen-bond acceptors (Lipinski definition) is 2. The van der Waals surface area contributed by atoms with Crippen LogP contribution in [0.4, 0.5) is 13.2 Å². The summed E-state index contributed by atoms with van der Waals surface area (Å²) in [5.74, 6) is -4.96. The third-order valence-corrected chi connectivity index (χ3v) is 3.48. The van der Waals surface area contributed by atoms with Crippen molar-refractivity contribution in [1.82, 2.24) is 4.98 Å². The standard InChI is InChI=1S/C14H12BrF3N2/c15-10-3-6-13(20-8-10)14(17,18)12(7-19)9-1-4-11(16)5-2-9/h1-6,8,12H,7,19H2. The lowest BCUT2D eigenvalue weighted by Crippen LogP contribution is -2.31. The SMILES string of the molecule is NCC(c1ccc(F)cc1)C(F)(F)c1ccc(Br)cn1. The number of aromatic nitrogens is 1. The Morgan fingerprint density at radius 1 is 1.15 bits per heavy atom. The van der Waals surface area contributed by atoms with Gasteiger partial charge in [0.05, 0.1) is 5.92 Å². The summed E-state index contributed by atoms with van der Waals surface area (Å²) in [6.45, 7) is -0.267. The Kier molecular flexibility index (Phi) is 4.45. The van der Waals surface area contributed by atoms with Gasteiger partial charge in [-0.2, -0.15) is 8.78 Å². The van der Waals surface area contributed by atoms with E-state index in [1.54, 1.807) is 0 Å². The van der Waals surface area contributed by atoms with Crippen LogP contribution in [0.1, 0.15) is 17.2 Å². The number of rotatable bonds is 4. The van der Waals surface area contributed by atoms with Crippen molar-refractivity contribution in [1.29, 1.82) is 0 Å². The minimum absolute atomic E-state index is 0.267. The fraction of sp³-hybridized carbons (Fsp3) is 0.214. The molecule has 0 aliphatic heterocycles. The predicted molar refractivity (Wildman–Crippen MR) is 74.0 cm³/mol.